The fourth-order valence-corrected chi connectivity index (χ4v) is 2.51. The molecule has 0 aromatic heterocycles. The van der Waals surface area contributed by atoms with Crippen LogP contribution in [0.3, 0.4) is 0 Å². The van der Waals surface area contributed by atoms with Gasteiger partial charge in [-0.3, -0.25) is 0 Å². The molecule has 5 nitrogen and oxygen atoms in total. The zero-order valence-electron chi connectivity index (χ0n) is 10.3. The van der Waals surface area contributed by atoms with Crippen molar-refractivity contribution in [3.05, 3.63) is 35.9 Å². The van der Waals surface area contributed by atoms with Crippen molar-refractivity contribution in [3.63, 3.8) is 0 Å². The maximum Gasteiger partial charge on any atom is 0.185 e. The fraction of sp³-hybridized carbons (Fsp3) is 0.500. The number of aliphatic hydroxyl groups is 1. The molecule has 1 aromatic rings. The largest absolute Gasteiger partial charge is 0.386 e. The SMILES string of the molecule is N#C[C@H]1[C@@H](O)[C@@H]2OC[C@@H](O2)[C@@H]1OCc1ccccc1. The van der Waals surface area contributed by atoms with E-state index in [1.807, 2.05) is 30.3 Å². The van der Waals surface area contributed by atoms with Crippen LogP contribution in [-0.4, -0.2) is 36.3 Å². The van der Waals surface area contributed by atoms with Gasteiger partial charge in [-0.15, -0.1) is 0 Å². The summed E-state index contributed by atoms with van der Waals surface area (Å²) in [4.78, 5) is 0. The molecule has 5 atom stereocenters. The van der Waals surface area contributed by atoms with Gasteiger partial charge in [0.15, 0.2) is 6.29 Å². The monoisotopic (exact) mass is 261 g/mol. The Morgan fingerprint density at radius 1 is 1.37 bits per heavy atom. The van der Waals surface area contributed by atoms with Crippen LogP contribution in [0.5, 0.6) is 0 Å². The van der Waals surface area contributed by atoms with Crippen molar-refractivity contribution >= 4 is 0 Å². The fourth-order valence-electron chi connectivity index (χ4n) is 2.51. The van der Waals surface area contributed by atoms with E-state index in [1.165, 1.54) is 0 Å². The van der Waals surface area contributed by atoms with Gasteiger partial charge in [-0.25, -0.2) is 0 Å². The minimum absolute atomic E-state index is 0.276. The van der Waals surface area contributed by atoms with Gasteiger partial charge in [0.05, 0.1) is 19.3 Å². The van der Waals surface area contributed by atoms with Gasteiger partial charge in [0.1, 0.15) is 24.2 Å². The van der Waals surface area contributed by atoms with Gasteiger partial charge in [0.25, 0.3) is 0 Å². The minimum Gasteiger partial charge on any atom is -0.386 e. The van der Waals surface area contributed by atoms with Gasteiger partial charge in [-0.05, 0) is 5.56 Å². The molecule has 1 aromatic carbocycles. The van der Waals surface area contributed by atoms with Gasteiger partial charge in [-0.1, -0.05) is 30.3 Å². The number of ether oxygens (including phenoxy) is 3. The zero-order valence-corrected chi connectivity index (χ0v) is 10.3. The second kappa shape index (κ2) is 5.27. The quantitative estimate of drug-likeness (QED) is 0.872. The van der Waals surface area contributed by atoms with Crippen LogP contribution < -0.4 is 0 Å². The second-order valence-corrected chi connectivity index (χ2v) is 4.78. The van der Waals surface area contributed by atoms with Crippen LogP contribution in [0.1, 0.15) is 5.56 Å². The smallest absolute Gasteiger partial charge is 0.185 e. The molecule has 2 fully saturated rings. The molecule has 0 unspecified atom stereocenters. The summed E-state index contributed by atoms with van der Waals surface area (Å²) in [5.74, 6) is -0.616. The van der Waals surface area contributed by atoms with E-state index in [0.29, 0.717) is 13.2 Å². The van der Waals surface area contributed by atoms with E-state index in [2.05, 4.69) is 6.07 Å². The highest BCUT2D eigenvalue weighted by Gasteiger charge is 2.51. The predicted molar refractivity (Wildman–Crippen MR) is 64.7 cm³/mol. The first-order chi connectivity index (χ1) is 9.29. The van der Waals surface area contributed by atoms with Crippen molar-refractivity contribution in [2.45, 2.75) is 31.2 Å². The molecular formula is C14H15NO4. The third kappa shape index (κ3) is 2.36. The number of benzene rings is 1. The van der Waals surface area contributed by atoms with E-state index < -0.39 is 24.4 Å². The third-order valence-electron chi connectivity index (χ3n) is 3.54. The maximum atomic E-state index is 9.97. The Labute approximate surface area is 111 Å². The van der Waals surface area contributed by atoms with E-state index in [1.54, 1.807) is 0 Å². The molecule has 2 bridgehead atoms. The molecule has 1 N–H and O–H groups in total. The lowest BCUT2D eigenvalue weighted by molar-refractivity contribution is -0.210. The standard InChI is InChI=1S/C14H15NO4/c15-6-10-12(16)14-18-8-11(19-14)13(10)17-7-9-4-2-1-3-5-9/h1-5,10-14,16H,7-8H2/t10-,11+,12+,13+,14+/m0/s1. The summed E-state index contributed by atoms with van der Waals surface area (Å²) in [6, 6.07) is 11.8. The molecule has 0 radical (unpaired) electrons. The van der Waals surface area contributed by atoms with Gasteiger partial charge in [-0.2, -0.15) is 5.26 Å². The molecule has 0 amide bonds. The van der Waals surface area contributed by atoms with E-state index >= 15 is 0 Å². The summed E-state index contributed by atoms with van der Waals surface area (Å²) >= 11 is 0. The number of nitriles is 1. The highest BCUT2D eigenvalue weighted by atomic mass is 16.7. The number of hydrogen-bond donors (Lipinski definition) is 1. The average molecular weight is 261 g/mol. The third-order valence-corrected chi connectivity index (χ3v) is 3.54. The van der Waals surface area contributed by atoms with Crippen molar-refractivity contribution in [2.24, 2.45) is 5.92 Å². The molecular weight excluding hydrogens is 246 g/mol. The van der Waals surface area contributed by atoms with Crippen LogP contribution in [0.2, 0.25) is 0 Å². The summed E-state index contributed by atoms with van der Waals surface area (Å²) in [7, 11) is 0. The van der Waals surface area contributed by atoms with Crippen LogP contribution in [-0.2, 0) is 20.8 Å². The molecule has 5 heteroatoms. The van der Waals surface area contributed by atoms with E-state index in [4.69, 9.17) is 14.2 Å². The van der Waals surface area contributed by atoms with Crippen molar-refractivity contribution in [1.29, 1.82) is 5.26 Å². The van der Waals surface area contributed by atoms with E-state index in [9.17, 15) is 10.4 Å². The Balaban J connectivity index is 1.70. The maximum absolute atomic E-state index is 9.97. The van der Waals surface area contributed by atoms with Crippen LogP contribution >= 0.6 is 0 Å². The lowest BCUT2D eigenvalue weighted by atomic mass is 9.91. The Hall–Kier alpha value is -1.45. The summed E-state index contributed by atoms with van der Waals surface area (Å²) in [6.45, 7) is 0.750. The Kier molecular flexibility index (Phi) is 3.49. The highest BCUT2D eigenvalue weighted by Crippen LogP contribution is 2.34. The second-order valence-electron chi connectivity index (χ2n) is 4.78. The number of fused-ring (bicyclic) bond motifs is 2. The lowest BCUT2D eigenvalue weighted by Crippen LogP contribution is -2.50. The molecule has 0 aliphatic carbocycles. The highest BCUT2D eigenvalue weighted by molar-refractivity contribution is 5.14. The normalized spacial score (nSPS) is 36.9. The molecule has 2 aliphatic rings. The number of aliphatic hydroxyl groups excluding tert-OH is 1. The molecule has 0 saturated carbocycles. The van der Waals surface area contributed by atoms with Crippen molar-refractivity contribution in [3.8, 4) is 6.07 Å². The minimum atomic E-state index is -0.954. The lowest BCUT2D eigenvalue weighted by Gasteiger charge is -2.34. The first-order valence-corrected chi connectivity index (χ1v) is 6.30. The Morgan fingerprint density at radius 3 is 2.89 bits per heavy atom. The average Bonchev–Trinajstić information content (AvgIpc) is 2.89. The number of rotatable bonds is 3. The Bertz CT molecular complexity index is 472. The van der Waals surface area contributed by atoms with Crippen molar-refractivity contribution in [2.75, 3.05) is 6.61 Å². The zero-order chi connectivity index (χ0) is 13.2. The molecule has 3 rings (SSSR count). The van der Waals surface area contributed by atoms with Crippen LogP contribution in [0.4, 0.5) is 0 Å². The van der Waals surface area contributed by atoms with Gasteiger partial charge < -0.3 is 19.3 Å². The summed E-state index contributed by atoms with van der Waals surface area (Å²) in [5.41, 5.74) is 1.02. The van der Waals surface area contributed by atoms with E-state index in [0.717, 1.165) is 5.56 Å². The first kappa shape index (κ1) is 12.6. The molecule has 2 aliphatic heterocycles. The van der Waals surface area contributed by atoms with Crippen molar-refractivity contribution < 1.29 is 19.3 Å². The molecule has 2 heterocycles. The van der Waals surface area contributed by atoms with Crippen LogP contribution in [0.25, 0.3) is 0 Å². The summed E-state index contributed by atoms with van der Waals surface area (Å²) in [6.07, 6.45) is -2.38. The van der Waals surface area contributed by atoms with Gasteiger partial charge in [0, 0.05) is 0 Å². The topological polar surface area (TPSA) is 71.7 Å². The molecule has 19 heavy (non-hydrogen) atoms. The molecule has 0 spiro atoms. The van der Waals surface area contributed by atoms with E-state index in [-0.39, 0.29) is 6.10 Å². The number of nitrogens with zero attached hydrogens (tertiary/aromatic N) is 1. The van der Waals surface area contributed by atoms with Gasteiger partial charge in [0.2, 0.25) is 0 Å². The summed E-state index contributed by atoms with van der Waals surface area (Å²) in [5, 5.41) is 19.2. The summed E-state index contributed by atoms with van der Waals surface area (Å²) < 4.78 is 16.6. The Morgan fingerprint density at radius 2 is 2.16 bits per heavy atom. The van der Waals surface area contributed by atoms with Crippen molar-refractivity contribution in [1.82, 2.24) is 0 Å². The molecule has 100 valence electrons. The van der Waals surface area contributed by atoms with Crippen LogP contribution in [0.15, 0.2) is 30.3 Å². The van der Waals surface area contributed by atoms with Gasteiger partial charge >= 0.3 is 0 Å². The first-order valence-electron chi connectivity index (χ1n) is 6.30. The predicted octanol–water partition coefficient (Wildman–Crippen LogP) is 0.828. The molecule has 2 saturated heterocycles. The van der Waals surface area contributed by atoms with Crippen LogP contribution in [0, 0.1) is 17.2 Å². The number of hydrogen-bond acceptors (Lipinski definition) is 5.